The topological polar surface area (TPSA) is 36.2 Å². The zero-order valence-electron chi connectivity index (χ0n) is 23.0. The Bertz CT molecular complexity index is 1220. The Balaban J connectivity index is 2.00. The van der Waals surface area contributed by atoms with Gasteiger partial charge in [-0.25, -0.2) is 0 Å². The van der Waals surface area contributed by atoms with E-state index in [9.17, 15) is 0 Å². The molecule has 0 radical (unpaired) electrons. The average Bonchev–Trinajstić information content (AvgIpc) is 2.94. The van der Waals surface area contributed by atoms with Crippen molar-refractivity contribution in [1.82, 2.24) is 0 Å². The molecule has 0 aromatic heterocycles. The third-order valence-electron chi connectivity index (χ3n) is 7.75. The number of nitrogens with one attached hydrogen (secondary N) is 1. The van der Waals surface area contributed by atoms with Gasteiger partial charge in [-0.05, 0) is 38.0 Å². The lowest BCUT2D eigenvalue weighted by Gasteiger charge is -2.32. The predicted octanol–water partition coefficient (Wildman–Crippen LogP) is 7.88. The summed E-state index contributed by atoms with van der Waals surface area (Å²) in [5.41, 5.74) is 4.26. The van der Waals surface area contributed by atoms with Crippen LogP contribution in [0.4, 0.5) is 0 Å². The van der Waals surface area contributed by atoms with E-state index in [1.54, 1.807) is 6.92 Å². The Hall–Kier alpha value is -3.30. The quantitative estimate of drug-likeness (QED) is 0.132. The molecule has 3 unspecified atom stereocenters. The van der Waals surface area contributed by atoms with Crippen molar-refractivity contribution in [2.24, 2.45) is 16.8 Å². The second-order valence-corrected chi connectivity index (χ2v) is 14.6. The van der Waals surface area contributed by atoms with Crippen LogP contribution in [0.5, 0.6) is 0 Å². The van der Waals surface area contributed by atoms with Crippen molar-refractivity contribution in [3.63, 3.8) is 0 Å². The molecule has 0 spiro atoms. The molecule has 0 amide bonds. The van der Waals surface area contributed by atoms with E-state index in [0.717, 1.165) is 24.2 Å². The Morgan fingerprint density at radius 3 is 2.49 bits per heavy atom. The van der Waals surface area contributed by atoms with Gasteiger partial charge in [-0.3, -0.25) is 4.99 Å². The Morgan fingerprint density at radius 1 is 1.11 bits per heavy atom. The van der Waals surface area contributed by atoms with Crippen LogP contribution in [0, 0.1) is 17.2 Å². The van der Waals surface area contributed by atoms with E-state index >= 15 is 0 Å². The van der Waals surface area contributed by atoms with Gasteiger partial charge in [0, 0.05) is 35.4 Å². The van der Waals surface area contributed by atoms with E-state index < -0.39 is 8.07 Å². The molecule has 1 aliphatic rings. The summed E-state index contributed by atoms with van der Waals surface area (Å²) in [6, 6.07) is 22.7. The van der Waals surface area contributed by atoms with Gasteiger partial charge in [0.15, 0.2) is 0 Å². The molecule has 2 nitrogen and oxygen atoms in total. The number of hydrogen-bond acceptors (Lipinski definition) is 2. The third kappa shape index (κ3) is 6.93. The van der Waals surface area contributed by atoms with Crippen molar-refractivity contribution < 1.29 is 0 Å². The van der Waals surface area contributed by atoms with Gasteiger partial charge < -0.3 is 5.41 Å². The molecule has 3 rings (SSSR count). The Kier molecular flexibility index (Phi) is 10.2. The molecule has 192 valence electrons. The lowest BCUT2D eigenvalue weighted by Crippen LogP contribution is -2.57. The first-order chi connectivity index (χ1) is 17.8. The monoisotopic (exact) mass is 506 g/mol. The number of rotatable bonds is 12. The van der Waals surface area contributed by atoms with Crippen molar-refractivity contribution in [3.8, 4) is 0 Å². The van der Waals surface area contributed by atoms with Crippen LogP contribution in [0.25, 0.3) is 0 Å². The summed E-state index contributed by atoms with van der Waals surface area (Å²) in [4.78, 5) is 4.79. The Morgan fingerprint density at radius 2 is 1.84 bits per heavy atom. The van der Waals surface area contributed by atoms with Gasteiger partial charge >= 0.3 is 0 Å². The Labute approximate surface area is 225 Å². The number of allylic oxidation sites excluding steroid dienone is 8. The highest BCUT2D eigenvalue weighted by molar-refractivity contribution is 7.02. The highest BCUT2D eigenvalue weighted by Crippen LogP contribution is 2.32. The maximum absolute atomic E-state index is 7.73. The standard InChI is InChI=1S/C34H42N2Si/c1-7-26(4)21-23-37(9-3,32-15-11-10-12-16-32)33-17-13-14-30(24-33)31-20-22-36-34(25-31)28(6)29(8-2)19-18-27(5)35/h7-8,10-19,21-22,24-25,28-29,31,35H,1-2,9,20,23H2,3-6H3/b19-18-,26-21-,35-27?/t28-,29?,31?,37?/m0/s1. The largest absolute Gasteiger partial charge is 0.306 e. The van der Waals surface area contributed by atoms with Gasteiger partial charge in [0.05, 0.1) is 0 Å². The summed E-state index contributed by atoms with van der Waals surface area (Å²) in [5.74, 6) is 0.654. The first kappa shape index (κ1) is 28.3. The highest BCUT2D eigenvalue weighted by atomic mass is 28.3. The zero-order chi connectivity index (χ0) is 26.8. The van der Waals surface area contributed by atoms with Crippen LogP contribution in [-0.2, 0) is 0 Å². The maximum Gasteiger partial charge on any atom is 0.121 e. The fraction of sp³-hybridized carbons (Fsp3) is 0.294. The van der Waals surface area contributed by atoms with Crippen LogP contribution in [0.15, 0.2) is 120 Å². The molecule has 37 heavy (non-hydrogen) atoms. The van der Waals surface area contributed by atoms with Gasteiger partial charge in [-0.2, -0.15) is 0 Å². The van der Waals surface area contributed by atoms with Crippen LogP contribution in [0.2, 0.25) is 12.1 Å². The van der Waals surface area contributed by atoms with Crippen molar-refractivity contribution in [1.29, 1.82) is 5.41 Å². The van der Waals surface area contributed by atoms with E-state index in [2.05, 4.69) is 113 Å². The molecule has 0 saturated heterocycles. The molecular weight excluding hydrogens is 464 g/mol. The average molecular weight is 507 g/mol. The second-order valence-electron chi connectivity index (χ2n) is 10.2. The minimum absolute atomic E-state index is 0.145. The van der Waals surface area contributed by atoms with E-state index in [0.29, 0.717) is 11.6 Å². The van der Waals surface area contributed by atoms with Crippen LogP contribution in [0.1, 0.15) is 45.6 Å². The van der Waals surface area contributed by atoms with E-state index in [4.69, 9.17) is 10.4 Å². The summed E-state index contributed by atoms with van der Waals surface area (Å²) >= 11 is 0. The fourth-order valence-electron chi connectivity index (χ4n) is 5.19. The van der Waals surface area contributed by atoms with Crippen molar-refractivity contribution in [3.05, 3.63) is 121 Å². The lowest BCUT2D eigenvalue weighted by atomic mass is 9.85. The van der Waals surface area contributed by atoms with Gasteiger partial charge in [-0.1, -0.05) is 127 Å². The minimum atomic E-state index is -2.00. The van der Waals surface area contributed by atoms with Crippen molar-refractivity contribution in [2.75, 3.05) is 0 Å². The molecule has 2 aromatic rings. The summed E-state index contributed by atoms with van der Waals surface area (Å²) in [7, 11) is -2.00. The third-order valence-corrected chi connectivity index (χ3v) is 12.7. The molecule has 3 heteroatoms. The second kappa shape index (κ2) is 13.3. The lowest BCUT2D eigenvalue weighted by molar-refractivity contribution is 0.565. The molecule has 0 aliphatic carbocycles. The summed E-state index contributed by atoms with van der Waals surface area (Å²) in [6.45, 7) is 16.5. The summed E-state index contributed by atoms with van der Waals surface area (Å²) in [5, 5.41) is 10.7. The minimum Gasteiger partial charge on any atom is -0.306 e. The van der Waals surface area contributed by atoms with Crippen molar-refractivity contribution >= 4 is 30.4 Å². The number of nitrogens with zero attached hydrogens (tertiary/aromatic N) is 1. The van der Waals surface area contributed by atoms with E-state index in [-0.39, 0.29) is 11.8 Å². The van der Waals surface area contributed by atoms with E-state index in [1.165, 1.54) is 21.5 Å². The normalized spacial score (nSPS) is 19.1. The molecule has 1 aliphatic heterocycles. The van der Waals surface area contributed by atoms with Crippen LogP contribution in [-0.4, -0.2) is 20.0 Å². The SMILES string of the molecule is C=C/C(C)=C\C[Si](CC)(c1ccccc1)c1cccc(C2C=C([C@@H](C)C(C=C)/C=C\C(C)=N)N=CC2)c1. The maximum atomic E-state index is 7.73. The van der Waals surface area contributed by atoms with Gasteiger partial charge in [0.1, 0.15) is 8.07 Å². The van der Waals surface area contributed by atoms with Gasteiger partial charge in [-0.15, -0.1) is 6.58 Å². The molecular formula is C34H42N2Si. The molecule has 0 fully saturated rings. The molecule has 0 saturated carbocycles. The molecule has 1 N–H and O–H groups in total. The zero-order valence-corrected chi connectivity index (χ0v) is 24.0. The number of benzene rings is 2. The molecule has 2 aromatic carbocycles. The first-order valence-electron chi connectivity index (χ1n) is 13.4. The molecule has 0 bridgehead atoms. The predicted molar refractivity (Wildman–Crippen MR) is 166 cm³/mol. The van der Waals surface area contributed by atoms with Gasteiger partial charge in [0.25, 0.3) is 0 Å². The first-order valence-corrected chi connectivity index (χ1v) is 15.8. The fourth-order valence-corrected chi connectivity index (χ4v) is 9.46. The van der Waals surface area contributed by atoms with E-state index in [1.807, 2.05) is 18.2 Å². The van der Waals surface area contributed by atoms with Gasteiger partial charge in [0.2, 0.25) is 0 Å². The summed E-state index contributed by atoms with van der Waals surface area (Å²) < 4.78 is 0. The smallest absolute Gasteiger partial charge is 0.121 e. The molecule has 1 heterocycles. The van der Waals surface area contributed by atoms with Crippen molar-refractivity contribution in [2.45, 2.75) is 52.1 Å². The highest BCUT2D eigenvalue weighted by Gasteiger charge is 2.35. The summed E-state index contributed by atoms with van der Waals surface area (Å²) in [6.07, 6.45) is 15.6. The van der Waals surface area contributed by atoms with Crippen LogP contribution < -0.4 is 10.4 Å². The molecule has 4 atom stereocenters. The van der Waals surface area contributed by atoms with Crippen LogP contribution >= 0.6 is 0 Å². The number of hydrogen-bond donors (Lipinski definition) is 1. The number of aliphatic imine (C=N–C) groups is 1. The van der Waals surface area contributed by atoms with Crippen LogP contribution in [0.3, 0.4) is 0 Å².